The van der Waals surface area contributed by atoms with E-state index < -0.39 is 5.66 Å². The summed E-state index contributed by atoms with van der Waals surface area (Å²) in [6, 6.07) is 28.2. The van der Waals surface area contributed by atoms with E-state index in [-0.39, 0.29) is 23.3 Å². The number of alkyl halides is 2. The zero-order valence-electron chi connectivity index (χ0n) is 22.9. The van der Waals surface area contributed by atoms with Crippen LogP contribution in [-0.2, 0) is 5.66 Å². The number of nitrogens with one attached hydrogen (secondary N) is 1. The van der Waals surface area contributed by atoms with Crippen LogP contribution in [0.4, 0.5) is 8.78 Å². The van der Waals surface area contributed by atoms with E-state index in [1.807, 2.05) is 50.2 Å². The van der Waals surface area contributed by atoms with E-state index in [4.69, 9.17) is 0 Å². The van der Waals surface area contributed by atoms with Crippen molar-refractivity contribution >= 4 is 15.1 Å². The van der Waals surface area contributed by atoms with E-state index in [9.17, 15) is 13.6 Å². The number of carbonyl (C=O) groups is 1. The molecule has 0 aliphatic carbocycles. The van der Waals surface area contributed by atoms with Gasteiger partial charge in [0.2, 0.25) is 0 Å². The number of amides is 1. The van der Waals surface area contributed by atoms with Gasteiger partial charge in [-0.3, -0.25) is 9.78 Å². The molecule has 9 heteroatoms. The largest absolute Gasteiger partial charge is 0.352 e. The fourth-order valence-corrected chi connectivity index (χ4v) is 4.63. The number of hydrogen-bond donors (Lipinski definition) is 1. The lowest BCUT2D eigenvalue weighted by Gasteiger charge is -2.18. The van der Waals surface area contributed by atoms with E-state index in [0.29, 0.717) is 29.8 Å². The quantitative estimate of drug-likeness (QED) is 0.190. The molecule has 41 heavy (non-hydrogen) atoms. The molecule has 3 heterocycles. The van der Waals surface area contributed by atoms with Crippen molar-refractivity contribution in [2.45, 2.75) is 31.8 Å². The topological polar surface area (TPSA) is 72.7 Å². The lowest BCUT2D eigenvalue weighted by molar-refractivity contribution is 0.0944. The zero-order chi connectivity index (χ0) is 29.2. The minimum Gasteiger partial charge on any atom is -0.352 e. The molecule has 1 amide bonds. The molecule has 0 saturated carbocycles. The highest BCUT2D eigenvalue weighted by molar-refractivity contribution is 7.17. The van der Waals surface area contributed by atoms with Crippen molar-refractivity contribution in [3.05, 3.63) is 132 Å². The highest BCUT2D eigenvalue weighted by atomic mass is 31.0. The van der Waals surface area contributed by atoms with E-state index in [1.165, 1.54) is 38.7 Å². The molecule has 6 nitrogen and oxygen atoms in total. The third-order valence-electron chi connectivity index (χ3n) is 6.36. The van der Waals surface area contributed by atoms with Crippen LogP contribution in [0.15, 0.2) is 110 Å². The van der Waals surface area contributed by atoms with Crippen LogP contribution < -0.4 is 5.32 Å². The first kappa shape index (κ1) is 29.7. The Balaban J connectivity index is 0.00000189. The van der Waals surface area contributed by atoms with Crippen LogP contribution in [0.1, 0.15) is 53.4 Å². The van der Waals surface area contributed by atoms with Crippen molar-refractivity contribution in [1.29, 1.82) is 0 Å². The van der Waals surface area contributed by atoms with Gasteiger partial charge in [-0.2, -0.15) is 13.9 Å². The Morgan fingerprint density at radius 3 is 2.12 bits per heavy atom. The molecule has 5 rings (SSSR count). The van der Waals surface area contributed by atoms with Gasteiger partial charge in [-0.05, 0) is 47.9 Å². The fraction of sp³-hybridized carbons (Fsp3) is 0.188. The molecule has 5 aromatic rings. The standard InChI is InChI=1S/C30H26F2N5OP.C2H6/c31-30(32,39)27-18-26(23-12-7-16-33-19-23)36-37(27)28-14-13-24(20-35-28)29(38)34-17-15-25(21-8-3-1-4-9-21)22-10-5-2-6-11-22;1-2/h1-14,16,18-20,25H,15,17,39H2,(H,34,38);1-2H3. The molecule has 0 aliphatic rings. The lowest BCUT2D eigenvalue weighted by atomic mass is 9.88. The Morgan fingerprint density at radius 2 is 1.59 bits per heavy atom. The van der Waals surface area contributed by atoms with Gasteiger partial charge in [-0.1, -0.05) is 83.8 Å². The summed E-state index contributed by atoms with van der Waals surface area (Å²) in [5.74, 6) is 0.0168. The second kappa shape index (κ2) is 13.9. The van der Waals surface area contributed by atoms with Gasteiger partial charge < -0.3 is 5.32 Å². The Morgan fingerprint density at radius 1 is 0.927 bits per heavy atom. The predicted octanol–water partition coefficient (Wildman–Crippen LogP) is 7.23. The van der Waals surface area contributed by atoms with Crippen LogP contribution in [0.3, 0.4) is 0 Å². The second-order valence-corrected chi connectivity index (χ2v) is 9.74. The average molecular weight is 572 g/mol. The summed E-state index contributed by atoms with van der Waals surface area (Å²) in [6.45, 7) is 4.45. The van der Waals surface area contributed by atoms with Gasteiger partial charge in [0.1, 0.15) is 5.69 Å². The first-order valence-electron chi connectivity index (χ1n) is 13.4. The Labute approximate surface area is 241 Å². The van der Waals surface area contributed by atoms with E-state index in [2.05, 4.69) is 44.6 Å². The molecule has 0 radical (unpaired) electrons. The number of nitrogens with zero attached hydrogens (tertiary/aromatic N) is 4. The zero-order valence-corrected chi connectivity index (χ0v) is 24.1. The first-order chi connectivity index (χ1) is 19.9. The number of carbonyl (C=O) groups excluding carboxylic acids is 1. The van der Waals surface area contributed by atoms with Crippen molar-refractivity contribution in [3.63, 3.8) is 0 Å². The minimum absolute atomic E-state index is 0.133. The van der Waals surface area contributed by atoms with Crippen LogP contribution in [0.2, 0.25) is 0 Å². The third kappa shape index (κ3) is 7.47. The number of pyridine rings is 2. The van der Waals surface area contributed by atoms with Crippen molar-refractivity contribution in [1.82, 2.24) is 25.1 Å². The summed E-state index contributed by atoms with van der Waals surface area (Å²) in [6.07, 6.45) is 5.23. The van der Waals surface area contributed by atoms with Gasteiger partial charge in [0, 0.05) is 36.6 Å². The number of halogens is 2. The fourth-order valence-electron chi connectivity index (χ4n) is 4.42. The summed E-state index contributed by atoms with van der Waals surface area (Å²) in [4.78, 5) is 21.2. The van der Waals surface area contributed by atoms with Gasteiger partial charge in [-0.15, -0.1) is 0 Å². The Kier molecular flexibility index (Phi) is 10.0. The van der Waals surface area contributed by atoms with Gasteiger partial charge in [-0.25, -0.2) is 9.67 Å². The molecule has 0 saturated heterocycles. The second-order valence-electron chi connectivity index (χ2n) is 9.01. The first-order valence-corrected chi connectivity index (χ1v) is 14.0. The van der Waals surface area contributed by atoms with E-state index in [0.717, 1.165) is 4.68 Å². The molecule has 0 fully saturated rings. The van der Waals surface area contributed by atoms with Gasteiger partial charge in [0.15, 0.2) is 5.82 Å². The van der Waals surface area contributed by atoms with Crippen molar-refractivity contribution < 1.29 is 13.6 Å². The summed E-state index contributed by atoms with van der Waals surface area (Å²) in [5, 5.41) is 7.30. The molecule has 0 bridgehead atoms. The number of rotatable bonds is 9. The highest BCUT2D eigenvalue weighted by Gasteiger charge is 2.31. The minimum atomic E-state index is -3.24. The summed E-state index contributed by atoms with van der Waals surface area (Å²) in [5.41, 5.74) is 0.0463. The normalized spacial score (nSPS) is 11.1. The molecule has 210 valence electrons. The van der Waals surface area contributed by atoms with E-state index >= 15 is 0 Å². The molecule has 1 N–H and O–H groups in total. The van der Waals surface area contributed by atoms with Crippen LogP contribution in [0.25, 0.3) is 17.1 Å². The summed E-state index contributed by atoms with van der Waals surface area (Å²) in [7, 11) is 1.53. The summed E-state index contributed by atoms with van der Waals surface area (Å²) < 4.78 is 29.8. The maximum atomic E-state index is 14.4. The third-order valence-corrected chi connectivity index (χ3v) is 6.65. The van der Waals surface area contributed by atoms with Crippen LogP contribution in [-0.4, -0.2) is 32.2 Å². The smallest absolute Gasteiger partial charge is 0.300 e. The number of aromatic nitrogens is 4. The lowest BCUT2D eigenvalue weighted by Crippen LogP contribution is -2.26. The Hall–Kier alpha value is -4.29. The molecule has 2 aromatic carbocycles. The van der Waals surface area contributed by atoms with Crippen molar-refractivity contribution in [2.75, 3.05) is 6.54 Å². The molecular weight excluding hydrogens is 539 g/mol. The molecule has 0 aliphatic heterocycles. The molecule has 1 unspecified atom stereocenters. The van der Waals surface area contributed by atoms with Crippen molar-refractivity contribution in [2.24, 2.45) is 0 Å². The molecular formula is C32H32F2N5OP. The summed E-state index contributed by atoms with van der Waals surface area (Å²) >= 11 is 0. The average Bonchev–Trinajstić information content (AvgIpc) is 3.48. The van der Waals surface area contributed by atoms with Crippen LogP contribution >= 0.6 is 9.24 Å². The predicted molar refractivity (Wildman–Crippen MR) is 161 cm³/mol. The molecule has 0 spiro atoms. The highest BCUT2D eigenvalue weighted by Crippen LogP contribution is 2.37. The monoisotopic (exact) mass is 571 g/mol. The van der Waals surface area contributed by atoms with E-state index in [1.54, 1.807) is 30.6 Å². The number of benzene rings is 2. The maximum Gasteiger partial charge on any atom is 0.300 e. The molecule has 1 atom stereocenters. The van der Waals surface area contributed by atoms with Crippen molar-refractivity contribution in [3.8, 4) is 17.1 Å². The Bertz CT molecular complexity index is 1480. The SMILES string of the molecule is CC.O=C(NCCC(c1ccccc1)c1ccccc1)c1ccc(-n2nc(-c3cccnc3)cc2C(F)(F)P)nc1. The van der Waals surface area contributed by atoms with Gasteiger partial charge in [0.05, 0.1) is 11.3 Å². The van der Waals surface area contributed by atoms with Crippen LogP contribution in [0.5, 0.6) is 0 Å². The van der Waals surface area contributed by atoms with Gasteiger partial charge in [0.25, 0.3) is 11.6 Å². The maximum absolute atomic E-state index is 14.4. The van der Waals surface area contributed by atoms with Crippen LogP contribution in [0, 0.1) is 0 Å². The molecule has 3 aromatic heterocycles. The van der Waals surface area contributed by atoms with Gasteiger partial charge >= 0.3 is 0 Å². The number of hydrogen-bond acceptors (Lipinski definition) is 4.